The summed E-state index contributed by atoms with van der Waals surface area (Å²) in [5.41, 5.74) is 1.63. The lowest BCUT2D eigenvalue weighted by Crippen LogP contribution is -2.28. The Kier molecular flexibility index (Phi) is 2.84. The van der Waals surface area contributed by atoms with Gasteiger partial charge in [-0.1, -0.05) is 0 Å². The fraction of sp³-hybridized carbons (Fsp3) is 0.800. The van der Waals surface area contributed by atoms with E-state index in [2.05, 4.69) is 24.3 Å². The summed E-state index contributed by atoms with van der Waals surface area (Å²) in [5, 5.41) is 3.30. The first kappa shape index (κ1) is 9.41. The number of nitrogens with one attached hydrogen (secondary N) is 1. The maximum Gasteiger partial charge on any atom is 0.0677 e. The van der Waals surface area contributed by atoms with Gasteiger partial charge in [0.05, 0.1) is 5.88 Å². The van der Waals surface area contributed by atoms with Crippen molar-refractivity contribution in [2.75, 3.05) is 26.5 Å². The van der Waals surface area contributed by atoms with Gasteiger partial charge in [-0.2, -0.15) is 0 Å². The fourth-order valence-corrected chi connectivity index (χ4v) is 3.61. The summed E-state index contributed by atoms with van der Waals surface area (Å²) in [5.74, 6) is 1.94. The van der Waals surface area contributed by atoms with Crippen molar-refractivity contribution in [3.8, 4) is 0 Å². The van der Waals surface area contributed by atoms with E-state index in [1.54, 1.807) is 10.6 Å². The molecule has 0 amide bonds. The Bertz CT molecular complexity index is 225. The maximum atomic E-state index is 3.30. The normalized spacial score (nSPS) is 28.2. The summed E-state index contributed by atoms with van der Waals surface area (Å²) in [6.07, 6.45) is 4.07. The molecule has 2 nitrogen and oxygen atoms in total. The van der Waals surface area contributed by atoms with Crippen molar-refractivity contribution in [2.45, 2.75) is 19.3 Å². The average Bonchev–Trinajstić information content (AvgIpc) is 2.50. The molecule has 1 aliphatic carbocycles. The Hall–Kier alpha value is -0.150. The third kappa shape index (κ3) is 1.72. The zero-order valence-corrected chi connectivity index (χ0v) is 9.28. The Balaban J connectivity index is 2.15. The molecular formula is C10H18N2S. The maximum absolute atomic E-state index is 3.30. The molecule has 1 aliphatic heterocycles. The highest BCUT2D eigenvalue weighted by atomic mass is 32.2. The molecule has 0 aromatic carbocycles. The van der Waals surface area contributed by atoms with E-state index in [4.69, 9.17) is 0 Å². The van der Waals surface area contributed by atoms with Gasteiger partial charge in [0, 0.05) is 30.1 Å². The predicted molar refractivity (Wildman–Crippen MR) is 58.5 cm³/mol. The second-order valence-electron chi connectivity index (χ2n) is 3.93. The summed E-state index contributed by atoms with van der Waals surface area (Å²) in [6.45, 7) is 1.14. The fourth-order valence-electron chi connectivity index (χ4n) is 2.36. The summed E-state index contributed by atoms with van der Waals surface area (Å²) in [6, 6.07) is 0. The first-order valence-electron chi connectivity index (χ1n) is 5.04. The van der Waals surface area contributed by atoms with Crippen molar-refractivity contribution in [3.63, 3.8) is 0 Å². The van der Waals surface area contributed by atoms with Crippen LogP contribution in [0.4, 0.5) is 0 Å². The molecular weight excluding hydrogens is 180 g/mol. The molecule has 2 rings (SSSR count). The molecule has 74 valence electrons. The molecule has 2 aliphatic rings. The molecule has 1 N–H and O–H groups in total. The molecule has 0 saturated carbocycles. The number of thioether (sulfide) groups is 1. The van der Waals surface area contributed by atoms with Gasteiger partial charge in [-0.3, -0.25) is 0 Å². The Labute approximate surface area is 84.8 Å². The second kappa shape index (κ2) is 3.93. The molecule has 1 heterocycles. The van der Waals surface area contributed by atoms with Crippen LogP contribution in [0.25, 0.3) is 0 Å². The molecule has 0 aromatic rings. The minimum absolute atomic E-state index is 0.772. The summed E-state index contributed by atoms with van der Waals surface area (Å²) < 4.78 is 0. The molecule has 13 heavy (non-hydrogen) atoms. The first-order valence-corrected chi connectivity index (χ1v) is 6.03. The molecule has 0 bridgehead atoms. The third-order valence-corrected chi connectivity index (χ3v) is 4.20. The summed E-state index contributed by atoms with van der Waals surface area (Å²) >= 11 is 2.04. The lowest BCUT2D eigenvalue weighted by molar-refractivity contribution is 0.365. The molecule has 1 atom stereocenters. The molecule has 0 aromatic heterocycles. The van der Waals surface area contributed by atoms with Crippen molar-refractivity contribution in [2.24, 2.45) is 5.92 Å². The average molecular weight is 198 g/mol. The van der Waals surface area contributed by atoms with Gasteiger partial charge in [-0.05, 0) is 26.3 Å². The van der Waals surface area contributed by atoms with Crippen molar-refractivity contribution in [1.82, 2.24) is 10.2 Å². The van der Waals surface area contributed by atoms with E-state index in [-0.39, 0.29) is 0 Å². The van der Waals surface area contributed by atoms with Gasteiger partial charge in [0.2, 0.25) is 0 Å². The van der Waals surface area contributed by atoms with Gasteiger partial charge >= 0.3 is 0 Å². The largest absolute Gasteiger partial charge is 0.367 e. The highest BCUT2D eigenvalue weighted by Gasteiger charge is 2.29. The lowest BCUT2D eigenvalue weighted by Gasteiger charge is -2.28. The standard InChI is InChI=1S/C10H18N2S/c1-11-6-8-4-3-5-9-10(8)12(2)7-13-9/h8,11H,3-7H2,1-2H3. The first-order chi connectivity index (χ1) is 6.33. The molecule has 1 unspecified atom stereocenters. The zero-order valence-electron chi connectivity index (χ0n) is 8.47. The van der Waals surface area contributed by atoms with Crippen LogP contribution in [0.2, 0.25) is 0 Å². The van der Waals surface area contributed by atoms with E-state index in [1.807, 2.05) is 11.8 Å². The van der Waals surface area contributed by atoms with E-state index in [9.17, 15) is 0 Å². The SMILES string of the molecule is CNCC1CCCC2=C1N(C)CS2. The van der Waals surface area contributed by atoms with Crippen LogP contribution >= 0.6 is 11.8 Å². The number of hydrogen-bond donors (Lipinski definition) is 1. The van der Waals surface area contributed by atoms with Crippen LogP contribution < -0.4 is 5.32 Å². The lowest BCUT2D eigenvalue weighted by atomic mass is 9.91. The van der Waals surface area contributed by atoms with Crippen LogP contribution in [0.3, 0.4) is 0 Å². The van der Waals surface area contributed by atoms with Gasteiger partial charge < -0.3 is 10.2 Å². The van der Waals surface area contributed by atoms with E-state index in [1.165, 1.54) is 25.1 Å². The van der Waals surface area contributed by atoms with Gasteiger partial charge in [-0.25, -0.2) is 0 Å². The van der Waals surface area contributed by atoms with Crippen molar-refractivity contribution < 1.29 is 0 Å². The van der Waals surface area contributed by atoms with Crippen molar-refractivity contribution in [3.05, 3.63) is 10.6 Å². The van der Waals surface area contributed by atoms with Crippen LogP contribution in [0.15, 0.2) is 10.6 Å². The minimum atomic E-state index is 0.772. The van der Waals surface area contributed by atoms with Crippen LogP contribution in [-0.2, 0) is 0 Å². The van der Waals surface area contributed by atoms with Crippen molar-refractivity contribution in [1.29, 1.82) is 0 Å². The van der Waals surface area contributed by atoms with Gasteiger partial charge in [0.1, 0.15) is 0 Å². The number of allylic oxidation sites excluding steroid dienone is 1. The minimum Gasteiger partial charge on any atom is -0.367 e. The molecule has 0 spiro atoms. The molecule has 0 radical (unpaired) electrons. The van der Waals surface area contributed by atoms with E-state index in [0.29, 0.717) is 0 Å². The van der Waals surface area contributed by atoms with Crippen molar-refractivity contribution >= 4 is 11.8 Å². The Morgan fingerprint density at radius 1 is 1.62 bits per heavy atom. The third-order valence-electron chi connectivity index (χ3n) is 2.92. The van der Waals surface area contributed by atoms with E-state index < -0.39 is 0 Å². The topological polar surface area (TPSA) is 15.3 Å². The summed E-state index contributed by atoms with van der Waals surface area (Å²) in [4.78, 5) is 4.09. The Morgan fingerprint density at radius 3 is 3.23 bits per heavy atom. The van der Waals surface area contributed by atoms with Gasteiger partial charge in [0.25, 0.3) is 0 Å². The highest BCUT2D eigenvalue weighted by Crippen LogP contribution is 2.42. The monoisotopic (exact) mass is 198 g/mol. The molecule has 0 fully saturated rings. The number of nitrogens with zero attached hydrogens (tertiary/aromatic N) is 1. The quantitative estimate of drug-likeness (QED) is 0.729. The van der Waals surface area contributed by atoms with E-state index in [0.717, 1.165) is 12.5 Å². The summed E-state index contributed by atoms with van der Waals surface area (Å²) in [7, 11) is 4.28. The zero-order chi connectivity index (χ0) is 9.26. The molecule has 3 heteroatoms. The smallest absolute Gasteiger partial charge is 0.0677 e. The van der Waals surface area contributed by atoms with Gasteiger partial charge in [-0.15, -0.1) is 11.8 Å². The number of hydrogen-bond acceptors (Lipinski definition) is 3. The Morgan fingerprint density at radius 2 is 2.46 bits per heavy atom. The van der Waals surface area contributed by atoms with Gasteiger partial charge in [0.15, 0.2) is 0 Å². The van der Waals surface area contributed by atoms with Crippen LogP contribution in [0.5, 0.6) is 0 Å². The highest BCUT2D eigenvalue weighted by molar-refractivity contribution is 8.03. The van der Waals surface area contributed by atoms with Crippen LogP contribution in [-0.4, -0.2) is 31.4 Å². The second-order valence-corrected chi connectivity index (χ2v) is 4.97. The van der Waals surface area contributed by atoms with Crippen LogP contribution in [0, 0.1) is 5.92 Å². The number of rotatable bonds is 2. The van der Waals surface area contributed by atoms with Crippen LogP contribution in [0.1, 0.15) is 19.3 Å². The predicted octanol–water partition coefficient (Wildman–Crippen LogP) is 1.85. The molecule has 0 saturated heterocycles. The van der Waals surface area contributed by atoms with E-state index >= 15 is 0 Å².